The van der Waals surface area contributed by atoms with Gasteiger partial charge in [0.25, 0.3) is 5.91 Å². The van der Waals surface area contributed by atoms with Crippen molar-refractivity contribution in [3.05, 3.63) is 33.8 Å². The molecule has 0 radical (unpaired) electrons. The summed E-state index contributed by atoms with van der Waals surface area (Å²) in [5.74, 6) is 0.143. The highest BCUT2D eigenvalue weighted by atomic mass is 79.9. The lowest BCUT2D eigenvalue weighted by Gasteiger charge is -2.10. The molecular weight excluding hydrogens is 230 g/mol. The molecule has 0 saturated heterocycles. The van der Waals surface area contributed by atoms with Crippen molar-refractivity contribution in [3.8, 4) is 0 Å². The average molecular weight is 240 g/mol. The van der Waals surface area contributed by atoms with Gasteiger partial charge in [-0.1, -0.05) is 12.1 Å². The minimum absolute atomic E-state index is 0.143. The minimum Gasteiger partial charge on any atom is -0.335 e. The number of halogens is 1. The quantitative estimate of drug-likeness (QED) is 0.738. The summed E-state index contributed by atoms with van der Waals surface area (Å²) < 4.78 is 0.908. The normalized spacial score (nSPS) is 14.9. The molecule has 2 nitrogen and oxygen atoms in total. The summed E-state index contributed by atoms with van der Waals surface area (Å²) in [5, 5.41) is 0. The third-order valence-electron chi connectivity index (χ3n) is 2.34. The molecule has 1 aromatic carbocycles. The number of hydrogen-bond donors (Lipinski definition) is 0. The summed E-state index contributed by atoms with van der Waals surface area (Å²) in [6.45, 7) is 3.53. The zero-order valence-electron chi connectivity index (χ0n) is 7.38. The molecule has 1 aliphatic rings. The maximum absolute atomic E-state index is 11.7. The Hall–Kier alpha value is -0.830. The van der Waals surface area contributed by atoms with Gasteiger partial charge in [-0.3, -0.25) is 4.79 Å². The molecule has 0 saturated carbocycles. The van der Waals surface area contributed by atoms with Gasteiger partial charge in [0, 0.05) is 17.6 Å². The molecule has 1 heterocycles. The lowest BCUT2D eigenvalue weighted by atomic mass is 10.1. The lowest BCUT2D eigenvalue weighted by molar-refractivity contribution is 0.0786. The van der Waals surface area contributed by atoms with Gasteiger partial charge < -0.3 is 4.90 Å². The largest absolute Gasteiger partial charge is 0.335 e. The van der Waals surface area contributed by atoms with E-state index in [9.17, 15) is 4.79 Å². The van der Waals surface area contributed by atoms with Crippen LogP contribution in [0.15, 0.2) is 22.7 Å². The number of fused-ring (bicyclic) bond motifs is 1. The summed E-state index contributed by atoms with van der Waals surface area (Å²) in [6.07, 6.45) is 0. The van der Waals surface area contributed by atoms with E-state index in [0.29, 0.717) is 0 Å². The fourth-order valence-electron chi connectivity index (χ4n) is 1.63. The van der Waals surface area contributed by atoms with Crippen molar-refractivity contribution in [1.29, 1.82) is 0 Å². The standard InChI is InChI=1S/C10H10BrNO/c1-2-12-6-7-4-3-5-8(11)9(7)10(12)13/h3-5H,2,6H2,1H3. The number of nitrogens with zero attached hydrogens (tertiary/aromatic N) is 1. The van der Waals surface area contributed by atoms with E-state index in [2.05, 4.69) is 15.9 Å². The Kier molecular flexibility index (Phi) is 2.12. The van der Waals surface area contributed by atoms with Gasteiger partial charge in [0.05, 0.1) is 5.56 Å². The molecule has 0 bridgehead atoms. The van der Waals surface area contributed by atoms with Crippen LogP contribution in [0.1, 0.15) is 22.8 Å². The molecule has 13 heavy (non-hydrogen) atoms. The smallest absolute Gasteiger partial charge is 0.255 e. The molecule has 3 heteroatoms. The predicted octanol–water partition coefficient (Wildman–Crippen LogP) is 2.42. The van der Waals surface area contributed by atoms with Gasteiger partial charge in [-0.25, -0.2) is 0 Å². The van der Waals surface area contributed by atoms with Gasteiger partial charge in [0.15, 0.2) is 0 Å². The van der Waals surface area contributed by atoms with Gasteiger partial charge in [-0.05, 0) is 34.5 Å². The molecule has 1 amide bonds. The Morgan fingerprint density at radius 2 is 2.31 bits per heavy atom. The molecule has 0 fully saturated rings. The second kappa shape index (κ2) is 3.14. The highest BCUT2D eigenvalue weighted by Gasteiger charge is 2.27. The first-order valence-electron chi connectivity index (χ1n) is 4.30. The van der Waals surface area contributed by atoms with E-state index in [4.69, 9.17) is 0 Å². The molecule has 0 spiro atoms. The first kappa shape index (κ1) is 8.75. The Balaban J connectivity index is 2.50. The molecular formula is C10H10BrNO. The van der Waals surface area contributed by atoms with Crippen molar-refractivity contribution in [2.75, 3.05) is 6.54 Å². The second-order valence-electron chi connectivity index (χ2n) is 3.09. The third kappa shape index (κ3) is 1.27. The fourth-order valence-corrected chi connectivity index (χ4v) is 2.21. The van der Waals surface area contributed by atoms with Crippen LogP contribution in [0, 0.1) is 0 Å². The number of carbonyl (C=O) groups excluding carboxylic acids is 1. The maximum atomic E-state index is 11.7. The van der Waals surface area contributed by atoms with Gasteiger partial charge in [0.1, 0.15) is 0 Å². The molecule has 0 N–H and O–H groups in total. The summed E-state index contributed by atoms with van der Waals surface area (Å²) in [5.41, 5.74) is 1.96. The first-order valence-corrected chi connectivity index (χ1v) is 5.10. The van der Waals surface area contributed by atoms with Crippen LogP contribution >= 0.6 is 15.9 Å². The zero-order chi connectivity index (χ0) is 9.42. The average Bonchev–Trinajstić information content (AvgIpc) is 2.44. The number of rotatable bonds is 1. The molecule has 0 aromatic heterocycles. The molecule has 0 atom stereocenters. The van der Waals surface area contributed by atoms with Crippen LogP contribution in [0.4, 0.5) is 0 Å². The molecule has 68 valence electrons. The summed E-state index contributed by atoms with van der Waals surface area (Å²) in [4.78, 5) is 13.6. The predicted molar refractivity (Wildman–Crippen MR) is 54.6 cm³/mol. The molecule has 2 rings (SSSR count). The van der Waals surface area contributed by atoms with E-state index in [0.717, 1.165) is 28.7 Å². The Bertz CT molecular complexity index is 362. The van der Waals surface area contributed by atoms with E-state index in [1.54, 1.807) is 0 Å². The van der Waals surface area contributed by atoms with Crippen molar-refractivity contribution in [3.63, 3.8) is 0 Å². The van der Waals surface area contributed by atoms with Gasteiger partial charge >= 0.3 is 0 Å². The molecule has 1 aliphatic heterocycles. The Morgan fingerprint density at radius 1 is 1.54 bits per heavy atom. The van der Waals surface area contributed by atoms with Crippen LogP contribution in [-0.2, 0) is 6.54 Å². The Labute approximate surface area is 85.7 Å². The highest BCUT2D eigenvalue weighted by Crippen LogP contribution is 2.28. The molecule has 0 unspecified atom stereocenters. The third-order valence-corrected chi connectivity index (χ3v) is 3.00. The van der Waals surface area contributed by atoms with Gasteiger partial charge in [-0.15, -0.1) is 0 Å². The van der Waals surface area contributed by atoms with Crippen molar-refractivity contribution < 1.29 is 4.79 Å². The van der Waals surface area contributed by atoms with Crippen LogP contribution in [0.3, 0.4) is 0 Å². The Morgan fingerprint density at radius 3 is 2.92 bits per heavy atom. The van der Waals surface area contributed by atoms with Crippen molar-refractivity contribution >= 4 is 21.8 Å². The summed E-state index contributed by atoms with van der Waals surface area (Å²) >= 11 is 3.40. The highest BCUT2D eigenvalue weighted by molar-refractivity contribution is 9.10. The number of carbonyl (C=O) groups is 1. The van der Waals surface area contributed by atoms with Crippen LogP contribution in [0.5, 0.6) is 0 Å². The number of hydrogen-bond acceptors (Lipinski definition) is 1. The van der Waals surface area contributed by atoms with E-state index < -0.39 is 0 Å². The minimum atomic E-state index is 0.143. The monoisotopic (exact) mass is 239 g/mol. The van der Waals surface area contributed by atoms with E-state index in [-0.39, 0.29) is 5.91 Å². The fraction of sp³-hybridized carbons (Fsp3) is 0.300. The second-order valence-corrected chi connectivity index (χ2v) is 3.95. The SMILES string of the molecule is CCN1Cc2cccc(Br)c2C1=O. The van der Waals surface area contributed by atoms with E-state index >= 15 is 0 Å². The summed E-state index contributed by atoms with van der Waals surface area (Å²) in [7, 11) is 0. The molecule has 1 aromatic rings. The summed E-state index contributed by atoms with van der Waals surface area (Å²) in [6, 6.07) is 5.89. The number of benzene rings is 1. The van der Waals surface area contributed by atoms with Gasteiger partial charge in [-0.2, -0.15) is 0 Å². The number of amides is 1. The van der Waals surface area contributed by atoms with Gasteiger partial charge in [0.2, 0.25) is 0 Å². The van der Waals surface area contributed by atoms with Crippen LogP contribution in [-0.4, -0.2) is 17.4 Å². The van der Waals surface area contributed by atoms with Crippen molar-refractivity contribution in [1.82, 2.24) is 4.90 Å². The van der Waals surface area contributed by atoms with Crippen molar-refractivity contribution in [2.45, 2.75) is 13.5 Å². The maximum Gasteiger partial charge on any atom is 0.255 e. The van der Waals surface area contributed by atoms with Crippen LogP contribution < -0.4 is 0 Å². The van der Waals surface area contributed by atoms with Crippen molar-refractivity contribution in [2.24, 2.45) is 0 Å². The van der Waals surface area contributed by atoms with Crippen LogP contribution in [0.2, 0.25) is 0 Å². The first-order chi connectivity index (χ1) is 6.24. The van der Waals surface area contributed by atoms with Crippen LogP contribution in [0.25, 0.3) is 0 Å². The van der Waals surface area contributed by atoms with E-state index in [1.165, 1.54) is 0 Å². The topological polar surface area (TPSA) is 20.3 Å². The molecule has 0 aliphatic carbocycles. The zero-order valence-corrected chi connectivity index (χ0v) is 8.97. The lowest BCUT2D eigenvalue weighted by Crippen LogP contribution is -2.23. The van der Waals surface area contributed by atoms with E-state index in [1.807, 2.05) is 30.0 Å².